The molecule has 0 saturated heterocycles. The third kappa shape index (κ3) is 4.86. The summed E-state index contributed by atoms with van der Waals surface area (Å²) in [7, 11) is 0. The first-order valence-corrected chi connectivity index (χ1v) is 4.88. The van der Waals surface area contributed by atoms with Crippen LogP contribution in [-0.2, 0) is 11.3 Å². The average molecular weight is 205 g/mol. The molecule has 0 spiro atoms. The van der Waals surface area contributed by atoms with E-state index in [4.69, 9.17) is 4.74 Å². The van der Waals surface area contributed by atoms with Gasteiger partial charge in [0, 0.05) is 6.54 Å². The summed E-state index contributed by atoms with van der Waals surface area (Å²) in [5.74, 6) is 0. The maximum Gasteiger partial charge on any atom is 0.407 e. The van der Waals surface area contributed by atoms with Crippen LogP contribution in [0.5, 0.6) is 0 Å². The van der Waals surface area contributed by atoms with E-state index in [1.807, 2.05) is 49.4 Å². The molecule has 0 unspecified atom stereocenters. The highest BCUT2D eigenvalue weighted by molar-refractivity contribution is 5.67. The van der Waals surface area contributed by atoms with E-state index in [9.17, 15) is 4.79 Å². The minimum absolute atomic E-state index is 0.308. The van der Waals surface area contributed by atoms with Crippen molar-refractivity contribution in [3.63, 3.8) is 0 Å². The van der Waals surface area contributed by atoms with Gasteiger partial charge in [0.1, 0.15) is 6.61 Å². The molecule has 0 aliphatic rings. The fourth-order valence-corrected chi connectivity index (χ4v) is 1.03. The first-order valence-electron chi connectivity index (χ1n) is 4.88. The number of carbonyl (C=O) groups excluding carboxylic acids is 1. The lowest BCUT2D eigenvalue weighted by Crippen LogP contribution is -2.24. The maximum absolute atomic E-state index is 11.1. The van der Waals surface area contributed by atoms with Crippen molar-refractivity contribution in [3.05, 3.63) is 48.0 Å². The number of alkyl carbamates (subject to hydrolysis) is 1. The summed E-state index contributed by atoms with van der Waals surface area (Å²) >= 11 is 0. The van der Waals surface area contributed by atoms with Crippen molar-refractivity contribution in [3.8, 4) is 0 Å². The summed E-state index contributed by atoms with van der Waals surface area (Å²) in [4.78, 5) is 11.1. The van der Waals surface area contributed by atoms with Crippen LogP contribution in [-0.4, -0.2) is 12.6 Å². The molecular weight excluding hydrogens is 190 g/mol. The molecule has 0 aliphatic heterocycles. The van der Waals surface area contributed by atoms with Crippen LogP contribution in [0.25, 0.3) is 0 Å². The number of hydrogen-bond acceptors (Lipinski definition) is 2. The third-order valence-electron chi connectivity index (χ3n) is 1.81. The second-order valence-electron chi connectivity index (χ2n) is 3.01. The third-order valence-corrected chi connectivity index (χ3v) is 1.81. The second-order valence-corrected chi connectivity index (χ2v) is 3.01. The Morgan fingerprint density at radius 1 is 1.40 bits per heavy atom. The minimum Gasteiger partial charge on any atom is -0.445 e. The highest BCUT2D eigenvalue weighted by atomic mass is 16.5. The predicted octanol–water partition coefficient (Wildman–Crippen LogP) is 2.49. The quantitative estimate of drug-likeness (QED) is 0.767. The molecule has 0 aromatic heterocycles. The zero-order valence-electron chi connectivity index (χ0n) is 8.77. The van der Waals surface area contributed by atoms with Crippen molar-refractivity contribution < 1.29 is 9.53 Å². The monoisotopic (exact) mass is 205 g/mol. The average Bonchev–Trinajstić information content (AvgIpc) is 2.28. The number of hydrogen-bond donors (Lipinski definition) is 1. The molecule has 1 N–H and O–H groups in total. The Hall–Kier alpha value is -1.77. The largest absolute Gasteiger partial charge is 0.445 e. The molecule has 1 amide bonds. The highest BCUT2D eigenvalue weighted by Crippen LogP contribution is 2.00. The number of carbonyl (C=O) groups is 1. The van der Waals surface area contributed by atoms with E-state index in [1.54, 1.807) is 0 Å². The number of rotatable bonds is 4. The molecule has 0 heterocycles. The molecule has 0 bridgehead atoms. The number of ether oxygens (including phenoxy) is 1. The fourth-order valence-electron chi connectivity index (χ4n) is 1.03. The Morgan fingerprint density at radius 2 is 2.13 bits per heavy atom. The lowest BCUT2D eigenvalue weighted by molar-refractivity contribution is 0.140. The van der Waals surface area contributed by atoms with Gasteiger partial charge in [-0.15, -0.1) is 0 Å². The lowest BCUT2D eigenvalue weighted by Gasteiger charge is -2.04. The Morgan fingerprint density at radius 3 is 2.80 bits per heavy atom. The number of benzene rings is 1. The van der Waals surface area contributed by atoms with E-state index in [1.165, 1.54) is 0 Å². The van der Waals surface area contributed by atoms with E-state index < -0.39 is 6.09 Å². The zero-order chi connectivity index (χ0) is 10.9. The normalized spacial score (nSPS) is 10.2. The molecule has 1 aromatic rings. The first-order chi connectivity index (χ1) is 7.33. The molecule has 0 fully saturated rings. The molecule has 80 valence electrons. The maximum atomic E-state index is 11.1. The van der Waals surface area contributed by atoms with E-state index in [-0.39, 0.29) is 0 Å². The molecule has 0 atom stereocenters. The van der Waals surface area contributed by atoms with Gasteiger partial charge in [0.15, 0.2) is 0 Å². The molecule has 1 rings (SSSR count). The molecule has 1 aromatic carbocycles. The summed E-state index contributed by atoms with van der Waals surface area (Å²) in [6, 6.07) is 9.58. The molecule has 0 radical (unpaired) electrons. The molecule has 15 heavy (non-hydrogen) atoms. The van der Waals surface area contributed by atoms with Gasteiger partial charge < -0.3 is 10.1 Å². The Labute approximate surface area is 89.8 Å². The topological polar surface area (TPSA) is 38.3 Å². The van der Waals surface area contributed by atoms with Gasteiger partial charge in [-0.3, -0.25) is 0 Å². The van der Waals surface area contributed by atoms with Gasteiger partial charge in [0.2, 0.25) is 0 Å². The summed E-state index contributed by atoms with van der Waals surface area (Å²) in [5.41, 5.74) is 0.985. The van der Waals surface area contributed by atoms with E-state index in [0.717, 1.165) is 5.56 Å². The van der Waals surface area contributed by atoms with Crippen molar-refractivity contribution in [2.24, 2.45) is 0 Å². The number of nitrogens with one attached hydrogen (secondary N) is 1. The molecule has 3 heteroatoms. The van der Waals surface area contributed by atoms with Gasteiger partial charge in [0.25, 0.3) is 0 Å². The molecule has 0 saturated carbocycles. The zero-order valence-corrected chi connectivity index (χ0v) is 8.77. The smallest absolute Gasteiger partial charge is 0.407 e. The SMILES string of the molecule is C/C=C/CNC(=O)OCc1ccccc1. The standard InChI is InChI=1S/C12H15NO2/c1-2-3-9-13-12(14)15-10-11-7-5-4-6-8-11/h2-8H,9-10H2,1H3,(H,13,14)/b3-2+. The van der Waals surface area contributed by atoms with Gasteiger partial charge in [-0.1, -0.05) is 42.5 Å². The van der Waals surface area contributed by atoms with Crippen molar-refractivity contribution >= 4 is 6.09 Å². The Balaban J connectivity index is 2.23. The van der Waals surface area contributed by atoms with E-state index in [0.29, 0.717) is 13.2 Å². The van der Waals surface area contributed by atoms with Crippen molar-refractivity contribution in [1.82, 2.24) is 5.32 Å². The summed E-state index contributed by atoms with van der Waals surface area (Å²) in [6.45, 7) is 2.71. The number of allylic oxidation sites excluding steroid dienone is 1. The van der Waals surface area contributed by atoms with Crippen LogP contribution in [0.1, 0.15) is 12.5 Å². The van der Waals surface area contributed by atoms with E-state index in [2.05, 4.69) is 5.32 Å². The lowest BCUT2D eigenvalue weighted by atomic mass is 10.2. The van der Waals surface area contributed by atoms with Gasteiger partial charge >= 0.3 is 6.09 Å². The molecule has 3 nitrogen and oxygen atoms in total. The molecule has 0 aliphatic carbocycles. The van der Waals surface area contributed by atoms with Gasteiger partial charge in [-0.25, -0.2) is 4.79 Å². The van der Waals surface area contributed by atoms with Gasteiger partial charge in [-0.05, 0) is 12.5 Å². The predicted molar refractivity (Wildman–Crippen MR) is 59.4 cm³/mol. The summed E-state index contributed by atoms with van der Waals surface area (Å²) < 4.78 is 4.99. The van der Waals surface area contributed by atoms with Gasteiger partial charge in [-0.2, -0.15) is 0 Å². The first kappa shape index (κ1) is 11.3. The summed E-state index contributed by atoms with van der Waals surface area (Å²) in [6.07, 6.45) is 3.33. The van der Waals surface area contributed by atoms with Crippen molar-refractivity contribution in [2.45, 2.75) is 13.5 Å². The molecular formula is C12H15NO2. The number of amides is 1. The van der Waals surface area contributed by atoms with Gasteiger partial charge in [0.05, 0.1) is 0 Å². The summed E-state index contributed by atoms with van der Waals surface area (Å²) in [5, 5.41) is 2.61. The second kappa shape index (κ2) is 6.65. The Bertz CT molecular complexity index is 320. The van der Waals surface area contributed by atoms with Crippen LogP contribution in [0.4, 0.5) is 4.79 Å². The highest BCUT2D eigenvalue weighted by Gasteiger charge is 1.99. The van der Waals surface area contributed by atoms with Crippen molar-refractivity contribution in [2.75, 3.05) is 6.54 Å². The van der Waals surface area contributed by atoms with Crippen LogP contribution in [0.15, 0.2) is 42.5 Å². The van der Waals surface area contributed by atoms with Crippen LogP contribution >= 0.6 is 0 Å². The Kier molecular flexibility index (Phi) is 5.01. The van der Waals surface area contributed by atoms with Crippen LogP contribution < -0.4 is 5.32 Å². The van der Waals surface area contributed by atoms with Crippen LogP contribution in [0.2, 0.25) is 0 Å². The van der Waals surface area contributed by atoms with Crippen molar-refractivity contribution in [1.29, 1.82) is 0 Å². The van der Waals surface area contributed by atoms with Crippen LogP contribution in [0, 0.1) is 0 Å². The minimum atomic E-state index is -0.392. The fraction of sp³-hybridized carbons (Fsp3) is 0.250. The van der Waals surface area contributed by atoms with E-state index >= 15 is 0 Å². The van der Waals surface area contributed by atoms with Crippen LogP contribution in [0.3, 0.4) is 0 Å².